The molecule has 8 heteroatoms. The van der Waals surface area contributed by atoms with Crippen LogP contribution in [0.4, 0.5) is 30.4 Å². The van der Waals surface area contributed by atoms with Crippen LogP contribution in [-0.4, -0.2) is 10.9 Å². The quantitative estimate of drug-likeness (QED) is 0.718. The summed E-state index contributed by atoms with van der Waals surface area (Å²) in [7, 11) is 0. The lowest BCUT2D eigenvalue weighted by molar-refractivity contribution is -0.136. The van der Waals surface area contributed by atoms with E-state index in [4.69, 9.17) is 4.42 Å². The second kappa shape index (κ2) is 6.68. The number of rotatable bonds is 4. The SMILES string of the molecule is O=C(Nc1ccc(Nc2ccccc2C(F)(F)F)nc1)c1ccco1. The van der Waals surface area contributed by atoms with Gasteiger partial charge in [-0.1, -0.05) is 12.1 Å². The van der Waals surface area contributed by atoms with Crippen molar-refractivity contribution < 1.29 is 22.4 Å². The predicted molar refractivity (Wildman–Crippen MR) is 85.6 cm³/mol. The number of aromatic nitrogens is 1. The Morgan fingerprint density at radius 3 is 2.48 bits per heavy atom. The first-order chi connectivity index (χ1) is 11.9. The summed E-state index contributed by atoms with van der Waals surface area (Å²) in [5, 5.41) is 5.19. The van der Waals surface area contributed by atoms with Gasteiger partial charge >= 0.3 is 6.18 Å². The van der Waals surface area contributed by atoms with Gasteiger partial charge in [0, 0.05) is 0 Å². The number of nitrogens with zero attached hydrogens (tertiary/aromatic N) is 1. The smallest absolute Gasteiger partial charge is 0.418 e. The summed E-state index contributed by atoms with van der Waals surface area (Å²) >= 11 is 0. The van der Waals surface area contributed by atoms with Gasteiger partial charge in [-0.3, -0.25) is 4.79 Å². The number of carbonyl (C=O) groups excluding carboxylic acids is 1. The minimum Gasteiger partial charge on any atom is -0.459 e. The molecular weight excluding hydrogens is 335 g/mol. The predicted octanol–water partition coefficient (Wildman–Crippen LogP) is 4.69. The first-order valence-corrected chi connectivity index (χ1v) is 7.17. The summed E-state index contributed by atoms with van der Waals surface area (Å²) in [5.74, 6) is -0.0936. The van der Waals surface area contributed by atoms with Crippen LogP contribution in [-0.2, 0) is 6.18 Å². The van der Waals surface area contributed by atoms with Crippen LogP contribution in [0.15, 0.2) is 65.4 Å². The lowest BCUT2D eigenvalue weighted by Crippen LogP contribution is -2.11. The van der Waals surface area contributed by atoms with Gasteiger partial charge in [0.25, 0.3) is 5.91 Å². The van der Waals surface area contributed by atoms with E-state index >= 15 is 0 Å². The average Bonchev–Trinajstić information content (AvgIpc) is 3.11. The molecule has 128 valence electrons. The van der Waals surface area contributed by atoms with Crippen molar-refractivity contribution >= 4 is 23.1 Å². The zero-order valence-corrected chi connectivity index (χ0v) is 12.7. The third kappa shape index (κ3) is 3.97. The van der Waals surface area contributed by atoms with Crippen LogP contribution in [0, 0.1) is 0 Å². The molecule has 0 aliphatic carbocycles. The van der Waals surface area contributed by atoms with Crippen LogP contribution in [0.25, 0.3) is 0 Å². The van der Waals surface area contributed by atoms with Gasteiger partial charge in [-0.05, 0) is 36.4 Å². The van der Waals surface area contributed by atoms with E-state index < -0.39 is 17.6 Å². The standard InChI is InChI=1S/C17H12F3N3O2/c18-17(19,20)12-4-1-2-5-13(12)23-15-8-7-11(10-21-15)22-16(24)14-6-3-9-25-14/h1-10H,(H,21,23)(H,22,24). The number of pyridine rings is 1. The molecule has 0 radical (unpaired) electrons. The summed E-state index contributed by atoms with van der Waals surface area (Å²) in [6.07, 6.45) is -1.77. The molecule has 25 heavy (non-hydrogen) atoms. The number of amides is 1. The molecule has 0 atom stereocenters. The van der Waals surface area contributed by atoms with Crippen LogP contribution >= 0.6 is 0 Å². The molecule has 0 bridgehead atoms. The third-order valence-corrected chi connectivity index (χ3v) is 3.26. The molecule has 1 aromatic carbocycles. The molecule has 2 heterocycles. The molecule has 3 aromatic rings. The maximum absolute atomic E-state index is 13.0. The molecule has 2 N–H and O–H groups in total. The van der Waals surface area contributed by atoms with Crippen molar-refractivity contribution in [1.82, 2.24) is 4.98 Å². The molecule has 3 rings (SSSR count). The maximum atomic E-state index is 13.0. The number of hydrogen-bond acceptors (Lipinski definition) is 4. The van der Waals surface area contributed by atoms with Crippen LogP contribution in [0.1, 0.15) is 16.1 Å². The summed E-state index contributed by atoms with van der Waals surface area (Å²) in [5.41, 5.74) is -0.502. The van der Waals surface area contributed by atoms with Crippen molar-refractivity contribution in [2.24, 2.45) is 0 Å². The van der Waals surface area contributed by atoms with E-state index in [-0.39, 0.29) is 17.3 Å². The fourth-order valence-electron chi connectivity index (χ4n) is 2.12. The fourth-order valence-corrected chi connectivity index (χ4v) is 2.12. The Morgan fingerprint density at radius 1 is 1.04 bits per heavy atom. The zero-order chi connectivity index (χ0) is 17.9. The van der Waals surface area contributed by atoms with Gasteiger partial charge in [-0.15, -0.1) is 0 Å². The molecule has 0 fully saturated rings. The van der Waals surface area contributed by atoms with E-state index in [0.29, 0.717) is 5.69 Å². The summed E-state index contributed by atoms with van der Waals surface area (Å²) in [4.78, 5) is 15.8. The monoisotopic (exact) mass is 347 g/mol. The minimum atomic E-state index is -4.47. The van der Waals surface area contributed by atoms with Crippen molar-refractivity contribution in [2.45, 2.75) is 6.18 Å². The normalized spacial score (nSPS) is 11.2. The van der Waals surface area contributed by atoms with Crippen molar-refractivity contribution in [1.29, 1.82) is 0 Å². The maximum Gasteiger partial charge on any atom is 0.418 e. The second-order valence-corrected chi connectivity index (χ2v) is 5.03. The van der Waals surface area contributed by atoms with Crippen LogP contribution < -0.4 is 10.6 Å². The Kier molecular flexibility index (Phi) is 4.42. The largest absolute Gasteiger partial charge is 0.459 e. The number of para-hydroxylation sites is 1. The van der Waals surface area contributed by atoms with Gasteiger partial charge < -0.3 is 15.1 Å². The third-order valence-electron chi connectivity index (χ3n) is 3.26. The Labute approximate surface area is 140 Å². The molecule has 1 amide bonds. The van der Waals surface area contributed by atoms with Gasteiger partial charge in [0.05, 0.1) is 29.4 Å². The van der Waals surface area contributed by atoms with Crippen molar-refractivity contribution in [3.05, 3.63) is 72.3 Å². The highest BCUT2D eigenvalue weighted by atomic mass is 19.4. The Morgan fingerprint density at radius 2 is 1.84 bits per heavy atom. The van der Waals surface area contributed by atoms with Crippen molar-refractivity contribution in [3.63, 3.8) is 0 Å². The van der Waals surface area contributed by atoms with E-state index in [1.165, 1.54) is 48.9 Å². The fraction of sp³-hybridized carbons (Fsp3) is 0.0588. The van der Waals surface area contributed by atoms with E-state index in [2.05, 4.69) is 15.6 Å². The molecule has 0 unspecified atom stereocenters. The Bertz CT molecular complexity index is 860. The molecule has 0 saturated carbocycles. The average molecular weight is 347 g/mol. The molecule has 2 aromatic heterocycles. The summed E-state index contributed by atoms with van der Waals surface area (Å²) in [6, 6.07) is 11.2. The molecule has 0 aliphatic rings. The van der Waals surface area contributed by atoms with Crippen LogP contribution in [0.2, 0.25) is 0 Å². The highest BCUT2D eigenvalue weighted by Crippen LogP contribution is 2.35. The molecule has 5 nitrogen and oxygen atoms in total. The van der Waals surface area contributed by atoms with E-state index in [9.17, 15) is 18.0 Å². The summed E-state index contributed by atoms with van der Waals surface area (Å²) < 4.78 is 43.9. The number of benzene rings is 1. The first kappa shape index (κ1) is 16.6. The van der Waals surface area contributed by atoms with Crippen LogP contribution in [0.5, 0.6) is 0 Å². The van der Waals surface area contributed by atoms with E-state index in [1.54, 1.807) is 6.07 Å². The number of anilines is 3. The van der Waals surface area contributed by atoms with Crippen molar-refractivity contribution in [2.75, 3.05) is 10.6 Å². The Hall–Kier alpha value is -3.29. The number of hydrogen-bond donors (Lipinski definition) is 2. The molecule has 0 aliphatic heterocycles. The second-order valence-electron chi connectivity index (χ2n) is 5.03. The number of furan rings is 1. The number of halogens is 3. The number of nitrogens with one attached hydrogen (secondary N) is 2. The topological polar surface area (TPSA) is 67.2 Å². The van der Waals surface area contributed by atoms with E-state index in [0.717, 1.165) is 6.07 Å². The highest BCUT2D eigenvalue weighted by Gasteiger charge is 2.33. The van der Waals surface area contributed by atoms with Gasteiger partial charge in [-0.2, -0.15) is 13.2 Å². The van der Waals surface area contributed by atoms with Crippen molar-refractivity contribution in [3.8, 4) is 0 Å². The molecule has 0 spiro atoms. The zero-order valence-electron chi connectivity index (χ0n) is 12.7. The number of alkyl halides is 3. The lowest BCUT2D eigenvalue weighted by atomic mass is 10.1. The first-order valence-electron chi connectivity index (χ1n) is 7.17. The molecule has 0 saturated heterocycles. The molecular formula is C17H12F3N3O2. The minimum absolute atomic E-state index is 0.102. The lowest BCUT2D eigenvalue weighted by Gasteiger charge is -2.14. The number of carbonyl (C=O) groups is 1. The van der Waals surface area contributed by atoms with Gasteiger partial charge in [0.2, 0.25) is 0 Å². The van der Waals surface area contributed by atoms with Crippen LogP contribution in [0.3, 0.4) is 0 Å². The highest BCUT2D eigenvalue weighted by molar-refractivity contribution is 6.02. The van der Waals surface area contributed by atoms with E-state index in [1.807, 2.05) is 0 Å². The van der Waals surface area contributed by atoms with Gasteiger partial charge in [-0.25, -0.2) is 4.98 Å². The Balaban J connectivity index is 1.73. The summed E-state index contributed by atoms with van der Waals surface area (Å²) in [6.45, 7) is 0. The van der Waals surface area contributed by atoms with Gasteiger partial charge in [0.1, 0.15) is 5.82 Å². The van der Waals surface area contributed by atoms with Gasteiger partial charge in [0.15, 0.2) is 5.76 Å².